The average Bonchev–Trinajstić information content (AvgIpc) is 3.08. The minimum atomic E-state index is -0.807. The number of amides is 2. The summed E-state index contributed by atoms with van der Waals surface area (Å²) >= 11 is 5.87. The number of urea groups is 1. The molecule has 32 heavy (non-hydrogen) atoms. The Labute approximate surface area is 189 Å². The Morgan fingerprint density at radius 1 is 1.34 bits per heavy atom. The molecule has 1 fully saturated rings. The molecule has 0 saturated carbocycles. The maximum atomic E-state index is 13.5. The van der Waals surface area contributed by atoms with Crippen LogP contribution in [0.3, 0.4) is 0 Å². The fourth-order valence-electron chi connectivity index (χ4n) is 4.25. The van der Waals surface area contributed by atoms with Crippen molar-refractivity contribution in [3.8, 4) is 17.2 Å². The fraction of sp³-hybridized carbons (Fsp3) is 0.409. The first-order valence-corrected chi connectivity index (χ1v) is 10.7. The van der Waals surface area contributed by atoms with Crippen molar-refractivity contribution in [1.29, 1.82) is 0 Å². The average molecular weight is 466 g/mol. The number of rotatable bonds is 6. The Kier molecular flexibility index (Phi) is 6.32. The first kappa shape index (κ1) is 22.4. The van der Waals surface area contributed by atoms with Crippen LogP contribution in [0.25, 0.3) is 0 Å². The zero-order valence-electron chi connectivity index (χ0n) is 17.3. The number of nitrogens with one attached hydrogen (secondary N) is 1. The van der Waals surface area contributed by atoms with Crippen LogP contribution in [0.15, 0.2) is 30.3 Å². The number of phenolic OH excluding ortho intramolecular Hbond substituents is 1. The lowest BCUT2D eigenvalue weighted by atomic mass is 9.87. The van der Waals surface area contributed by atoms with E-state index in [-0.39, 0.29) is 40.2 Å². The number of benzene rings is 2. The Morgan fingerprint density at radius 2 is 2.09 bits per heavy atom. The van der Waals surface area contributed by atoms with Gasteiger partial charge in [0.15, 0.2) is 0 Å². The molecule has 1 atom stereocenters. The van der Waals surface area contributed by atoms with Crippen molar-refractivity contribution in [1.82, 2.24) is 4.90 Å². The first-order valence-electron chi connectivity index (χ1n) is 10.3. The maximum Gasteiger partial charge on any atom is 0.316 e. The predicted molar refractivity (Wildman–Crippen MR) is 117 cm³/mol. The van der Waals surface area contributed by atoms with E-state index in [0.717, 1.165) is 37.2 Å². The minimum absolute atomic E-state index is 0.0305. The summed E-state index contributed by atoms with van der Waals surface area (Å²) in [6.07, 6.45) is 1.43. The lowest BCUT2D eigenvalue weighted by molar-refractivity contribution is -0.00192. The number of β-amino-alcohol motifs (C(OH)–C–C–N with tert-alkyl or cyclic N) is 1. The largest absolute Gasteiger partial charge is 0.506 e. The Morgan fingerprint density at radius 3 is 2.81 bits per heavy atom. The molecule has 172 valence electrons. The SMILES string of the molecule is NC(=O)Nc1cc(Cl)c(O)cc1OC[C@H](O)CN1CCC2(CC1)Cc1cc(F)ccc1O2. The predicted octanol–water partition coefficient (Wildman–Crippen LogP) is 2.88. The van der Waals surface area contributed by atoms with E-state index in [0.29, 0.717) is 13.0 Å². The highest BCUT2D eigenvalue weighted by molar-refractivity contribution is 6.32. The van der Waals surface area contributed by atoms with Crippen LogP contribution in [0.4, 0.5) is 14.9 Å². The molecule has 10 heteroatoms. The van der Waals surface area contributed by atoms with Crippen molar-refractivity contribution in [2.75, 3.05) is 31.6 Å². The van der Waals surface area contributed by atoms with Crippen molar-refractivity contribution in [2.24, 2.45) is 5.73 Å². The van der Waals surface area contributed by atoms with Crippen molar-refractivity contribution in [3.05, 3.63) is 46.7 Å². The van der Waals surface area contributed by atoms with Gasteiger partial charge in [0.05, 0.1) is 10.7 Å². The second-order valence-corrected chi connectivity index (χ2v) is 8.68. The van der Waals surface area contributed by atoms with E-state index in [4.69, 9.17) is 26.8 Å². The molecule has 0 aromatic heterocycles. The van der Waals surface area contributed by atoms with E-state index in [9.17, 15) is 19.4 Å². The Bertz CT molecular complexity index is 1010. The third kappa shape index (κ3) is 5.01. The third-order valence-corrected chi connectivity index (χ3v) is 6.14. The first-order chi connectivity index (χ1) is 15.2. The van der Waals surface area contributed by atoms with E-state index in [1.54, 1.807) is 6.07 Å². The van der Waals surface area contributed by atoms with Gasteiger partial charge in [-0.2, -0.15) is 0 Å². The number of nitrogens with zero attached hydrogens (tertiary/aromatic N) is 1. The monoisotopic (exact) mass is 465 g/mol. The molecule has 2 aliphatic heterocycles. The van der Waals surface area contributed by atoms with Crippen LogP contribution >= 0.6 is 11.6 Å². The molecular weight excluding hydrogens is 441 g/mol. The van der Waals surface area contributed by atoms with Crippen LogP contribution in [-0.4, -0.2) is 59.1 Å². The lowest BCUT2D eigenvalue weighted by Crippen LogP contribution is -2.49. The Hall–Kier alpha value is -2.75. The van der Waals surface area contributed by atoms with Gasteiger partial charge in [0.1, 0.15) is 41.4 Å². The lowest BCUT2D eigenvalue weighted by Gasteiger charge is -2.39. The molecule has 0 radical (unpaired) electrons. The molecule has 2 aromatic rings. The van der Waals surface area contributed by atoms with Gasteiger partial charge in [-0.1, -0.05) is 11.6 Å². The number of piperidine rings is 1. The van der Waals surface area contributed by atoms with Crippen LogP contribution in [0.1, 0.15) is 18.4 Å². The second-order valence-electron chi connectivity index (χ2n) is 8.27. The summed E-state index contributed by atoms with van der Waals surface area (Å²) < 4.78 is 25.2. The molecule has 1 saturated heterocycles. The number of aliphatic hydroxyl groups is 1. The number of aromatic hydroxyl groups is 1. The third-order valence-electron chi connectivity index (χ3n) is 5.84. The number of aliphatic hydroxyl groups excluding tert-OH is 1. The van der Waals surface area contributed by atoms with Crippen LogP contribution in [0.5, 0.6) is 17.2 Å². The summed E-state index contributed by atoms with van der Waals surface area (Å²) in [6.45, 7) is 1.78. The van der Waals surface area contributed by atoms with Crippen molar-refractivity contribution in [2.45, 2.75) is 31.0 Å². The van der Waals surface area contributed by atoms with Crippen molar-refractivity contribution in [3.63, 3.8) is 0 Å². The number of anilines is 1. The summed E-state index contributed by atoms with van der Waals surface area (Å²) in [5.41, 5.74) is 5.93. The maximum absolute atomic E-state index is 13.5. The molecular formula is C22H25ClFN3O5. The number of ether oxygens (including phenoxy) is 2. The second kappa shape index (κ2) is 9.01. The van der Waals surface area contributed by atoms with Crippen molar-refractivity contribution < 1.29 is 28.9 Å². The van der Waals surface area contributed by atoms with Gasteiger partial charge in [-0.05, 0) is 24.3 Å². The van der Waals surface area contributed by atoms with Crippen LogP contribution in [0, 0.1) is 5.82 Å². The van der Waals surface area contributed by atoms with Gasteiger partial charge in [-0.25, -0.2) is 9.18 Å². The Balaban J connectivity index is 1.29. The normalized spacial score (nSPS) is 18.1. The minimum Gasteiger partial charge on any atom is -0.506 e. The molecule has 1 spiro atoms. The van der Waals surface area contributed by atoms with E-state index >= 15 is 0 Å². The van der Waals surface area contributed by atoms with E-state index in [1.165, 1.54) is 24.3 Å². The number of likely N-dealkylation sites (tertiary alicyclic amines) is 1. The number of hydrogen-bond donors (Lipinski definition) is 4. The molecule has 2 aliphatic rings. The summed E-state index contributed by atoms with van der Waals surface area (Å²) in [5, 5.41) is 22.7. The molecule has 2 amide bonds. The van der Waals surface area contributed by atoms with Crippen LogP contribution in [-0.2, 0) is 6.42 Å². The van der Waals surface area contributed by atoms with Gasteiger partial charge in [0.2, 0.25) is 0 Å². The zero-order valence-corrected chi connectivity index (χ0v) is 18.1. The van der Waals surface area contributed by atoms with E-state index in [2.05, 4.69) is 10.2 Å². The number of nitrogens with two attached hydrogens (primary N) is 1. The fourth-order valence-corrected chi connectivity index (χ4v) is 4.42. The molecule has 0 aliphatic carbocycles. The molecule has 5 N–H and O–H groups in total. The number of carbonyl (C=O) groups excluding carboxylic acids is 1. The molecule has 2 heterocycles. The highest BCUT2D eigenvalue weighted by atomic mass is 35.5. The van der Waals surface area contributed by atoms with E-state index < -0.39 is 12.1 Å². The van der Waals surface area contributed by atoms with E-state index in [1.807, 2.05) is 0 Å². The molecule has 8 nitrogen and oxygen atoms in total. The smallest absolute Gasteiger partial charge is 0.316 e. The van der Waals surface area contributed by atoms with Gasteiger partial charge in [0.25, 0.3) is 0 Å². The number of hydrogen-bond acceptors (Lipinski definition) is 6. The number of fused-ring (bicyclic) bond motifs is 1. The van der Waals surface area contributed by atoms with Crippen LogP contribution < -0.4 is 20.5 Å². The molecule has 2 aromatic carbocycles. The van der Waals surface area contributed by atoms with Gasteiger partial charge in [-0.15, -0.1) is 0 Å². The highest BCUT2D eigenvalue weighted by Gasteiger charge is 2.42. The topological polar surface area (TPSA) is 117 Å². The summed E-state index contributed by atoms with van der Waals surface area (Å²) in [6, 6.07) is 6.39. The standard InChI is InChI=1S/C22H25ClFN3O5/c23-16-8-17(26-21(25)30)20(9-18(16)29)31-12-15(28)11-27-5-3-22(4-6-27)10-13-7-14(24)1-2-19(13)32-22/h1-2,7-9,15,28-29H,3-6,10-12H2,(H3,25,26,30)/t15-/m1/s1. The van der Waals surface area contributed by atoms with Gasteiger partial charge < -0.3 is 35.6 Å². The number of primary amides is 1. The molecule has 0 bridgehead atoms. The number of phenols is 1. The van der Waals surface area contributed by atoms with Gasteiger partial charge in [0, 0.05) is 50.5 Å². The summed E-state index contributed by atoms with van der Waals surface area (Å²) in [4.78, 5) is 13.3. The highest BCUT2D eigenvalue weighted by Crippen LogP contribution is 2.41. The quantitative estimate of drug-likeness (QED) is 0.487. The number of halogens is 2. The van der Waals surface area contributed by atoms with Gasteiger partial charge >= 0.3 is 6.03 Å². The van der Waals surface area contributed by atoms with Gasteiger partial charge in [-0.3, -0.25) is 0 Å². The summed E-state index contributed by atoms with van der Waals surface area (Å²) in [7, 11) is 0. The van der Waals surface area contributed by atoms with Crippen molar-refractivity contribution >= 4 is 23.3 Å². The molecule has 4 rings (SSSR count). The number of carbonyl (C=O) groups is 1. The molecule has 0 unspecified atom stereocenters. The zero-order chi connectivity index (χ0) is 22.9. The van der Waals surface area contributed by atoms with Crippen LogP contribution in [0.2, 0.25) is 5.02 Å². The summed E-state index contributed by atoms with van der Waals surface area (Å²) in [5.74, 6) is 0.421.